The second kappa shape index (κ2) is 3.72. The first-order chi connectivity index (χ1) is 8.93. The maximum atomic E-state index is 5.78. The molecule has 0 saturated carbocycles. The third kappa shape index (κ3) is 1.33. The highest BCUT2D eigenvalue weighted by molar-refractivity contribution is 7.15. The average molecular weight is 250 g/mol. The minimum Gasteiger partial charge on any atom is -0.462 e. The van der Waals surface area contributed by atoms with E-state index in [1.807, 2.05) is 12.3 Å². The zero-order valence-corrected chi connectivity index (χ0v) is 10.4. The number of furan rings is 1. The van der Waals surface area contributed by atoms with Crippen molar-refractivity contribution >= 4 is 32.9 Å². The second-order valence-electron chi connectivity index (χ2n) is 4.30. The summed E-state index contributed by atoms with van der Waals surface area (Å²) in [6.07, 6.45) is 1.83. The minimum absolute atomic E-state index is 0.983. The van der Waals surface area contributed by atoms with Gasteiger partial charge in [-0.1, -0.05) is 48.5 Å². The van der Waals surface area contributed by atoms with Crippen molar-refractivity contribution < 1.29 is 4.42 Å². The molecule has 0 fully saturated rings. The fourth-order valence-corrected chi connectivity index (χ4v) is 3.36. The normalized spacial score (nSPS) is 11.3. The zero-order chi connectivity index (χ0) is 11.9. The quantitative estimate of drug-likeness (QED) is 0.446. The van der Waals surface area contributed by atoms with Gasteiger partial charge in [0.05, 0.1) is 11.1 Å². The summed E-state index contributed by atoms with van der Waals surface area (Å²) in [5.41, 5.74) is 0. The van der Waals surface area contributed by atoms with Crippen LogP contribution in [-0.2, 0) is 0 Å². The zero-order valence-electron chi connectivity index (χ0n) is 9.59. The van der Waals surface area contributed by atoms with E-state index in [0.29, 0.717) is 0 Å². The number of fused-ring (bicyclic) bond motifs is 2. The monoisotopic (exact) mass is 250 g/mol. The molecule has 2 heterocycles. The van der Waals surface area contributed by atoms with Crippen LogP contribution in [0.2, 0.25) is 0 Å². The molecule has 2 heteroatoms. The predicted molar refractivity (Wildman–Crippen MR) is 77.0 cm³/mol. The molecule has 0 atom stereocenters. The van der Waals surface area contributed by atoms with E-state index in [1.54, 1.807) is 11.3 Å². The van der Waals surface area contributed by atoms with Crippen molar-refractivity contribution in [2.45, 2.75) is 0 Å². The second-order valence-corrected chi connectivity index (χ2v) is 5.18. The maximum Gasteiger partial charge on any atom is 0.152 e. The van der Waals surface area contributed by atoms with Gasteiger partial charge in [0.1, 0.15) is 0 Å². The van der Waals surface area contributed by atoms with Gasteiger partial charge in [0.25, 0.3) is 0 Å². The van der Waals surface area contributed by atoms with Crippen LogP contribution in [0.15, 0.2) is 64.6 Å². The largest absolute Gasteiger partial charge is 0.462 e. The van der Waals surface area contributed by atoms with Gasteiger partial charge in [0, 0.05) is 16.2 Å². The molecular formula is C16H10OS. The van der Waals surface area contributed by atoms with Crippen molar-refractivity contribution in [3.63, 3.8) is 0 Å². The summed E-state index contributed by atoms with van der Waals surface area (Å²) in [6, 6.07) is 16.7. The van der Waals surface area contributed by atoms with Crippen LogP contribution in [0.3, 0.4) is 0 Å². The van der Waals surface area contributed by atoms with Gasteiger partial charge in [0.15, 0.2) is 5.76 Å². The Balaban J connectivity index is 2.08. The Labute approximate surface area is 108 Å². The minimum atomic E-state index is 0.983. The molecule has 0 N–H and O–H groups in total. The van der Waals surface area contributed by atoms with Crippen LogP contribution < -0.4 is 0 Å². The number of rotatable bonds is 1. The van der Waals surface area contributed by atoms with Crippen LogP contribution >= 0.6 is 11.3 Å². The molecule has 0 radical (unpaired) electrons. The molecule has 2 aromatic heterocycles. The first kappa shape index (κ1) is 9.92. The molecule has 0 amide bonds. The highest BCUT2D eigenvalue weighted by Gasteiger charge is 2.12. The SMILES string of the molecule is c1ccc2c(-c3scc4ccccc34)occ2c1. The van der Waals surface area contributed by atoms with Gasteiger partial charge < -0.3 is 4.42 Å². The molecule has 0 unspecified atom stereocenters. The van der Waals surface area contributed by atoms with Crippen molar-refractivity contribution in [3.05, 3.63) is 60.2 Å². The Morgan fingerprint density at radius 3 is 2.39 bits per heavy atom. The highest BCUT2D eigenvalue weighted by Crippen LogP contribution is 2.39. The molecule has 0 aliphatic rings. The predicted octanol–water partition coefficient (Wildman–Crippen LogP) is 5.31. The molecule has 18 heavy (non-hydrogen) atoms. The lowest BCUT2D eigenvalue weighted by Crippen LogP contribution is -1.71. The number of hydrogen-bond acceptors (Lipinski definition) is 2. The molecule has 2 aromatic carbocycles. The molecular weight excluding hydrogens is 240 g/mol. The Hall–Kier alpha value is -2.06. The van der Waals surface area contributed by atoms with Crippen LogP contribution in [0.25, 0.3) is 32.2 Å². The van der Waals surface area contributed by atoms with Gasteiger partial charge in [-0.25, -0.2) is 0 Å². The van der Waals surface area contributed by atoms with Crippen molar-refractivity contribution in [3.8, 4) is 10.6 Å². The Kier molecular flexibility index (Phi) is 2.05. The van der Waals surface area contributed by atoms with E-state index < -0.39 is 0 Å². The van der Waals surface area contributed by atoms with Crippen LogP contribution in [0, 0.1) is 0 Å². The van der Waals surface area contributed by atoms with E-state index in [1.165, 1.54) is 21.0 Å². The fraction of sp³-hybridized carbons (Fsp3) is 0. The molecule has 0 saturated heterocycles. The topological polar surface area (TPSA) is 13.1 Å². The summed E-state index contributed by atoms with van der Waals surface area (Å²) < 4.78 is 5.78. The lowest BCUT2D eigenvalue weighted by atomic mass is 10.1. The van der Waals surface area contributed by atoms with Gasteiger partial charge in [0.2, 0.25) is 0 Å². The van der Waals surface area contributed by atoms with E-state index in [4.69, 9.17) is 4.42 Å². The van der Waals surface area contributed by atoms with Gasteiger partial charge in [-0.2, -0.15) is 0 Å². The van der Waals surface area contributed by atoms with E-state index in [-0.39, 0.29) is 0 Å². The van der Waals surface area contributed by atoms with Crippen LogP contribution in [0.4, 0.5) is 0 Å². The number of benzene rings is 2. The summed E-state index contributed by atoms with van der Waals surface area (Å²) in [5.74, 6) is 0.983. The van der Waals surface area contributed by atoms with E-state index in [9.17, 15) is 0 Å². The first-order valence-electron chi connectivity index (χ1n) is 5.86. The third-order valence-electron chi connectivity index (χ3n) is 3.22. The Morgan fingerprint density at radius 2 is 1.50 bits per heavy atom. The fourth-order valence-electron chi connectivity index (χ4n) is 2.34. The Bertz CT molecular complexity index is 766. The lowest BCUT2D eigenvalue weighted by Gasteiger charge is -1.96. The Morgan fingerprint density at radius 1 is 0.778 bits per heavy atom. The van der Waals surface area contributed by atoms with Crippen LogP contribution in [0.1, 0.15) is 0 Å². The molecule has 4 rings (SSSR count). The van der Waals surface area contributed by atoms with E-state index in [0.717, 1.165) is 11.1 Å². The van der Waals surface area contributed by atoms with E-state index >= 15 is 0 Å². The van der Waals surface area contributed by atoms with Crippen molar-refractivity contribution in [2.24, 2.45) is 0 Å². The summed E-state index contributed by atoms with van der Waals surface area (Å²) in [4.78, 5) is 1.21. The summed E-state index contributed by atoms with van der Waals surface area (Å²) in [6.45, 7) is 0. The van der Waals surface area contributed by atoms with Gasteiger partial charge in [-0.05, 0) is 10.8 Å². The average Bonchev–Trinajstić information content (AvgIpc) is 3.01. The van der Waals surface area contributed by atoms with Gasteiger partial charge in [-0.15, -0.1) is 11.3 Å². The van der Waals surface area contributed by atoms with Crippen molar-refractivity contribution in [1.82, 2.24) is 0 Å². The van der Waals surface area contributed by atoms with Gasteiger partial charge in [-0.3, -0.25) is 0 Å². The van der Waals surface area contributed by atoms with Crippen molar-refractivity contribution in [2.75, 3.05) is 0 Å². The summed E-state index contributed by atoms with van der Waals surface area (Å²) in [7, 11) is 0. The molecule has 0 aliphatic heterocycles. The van der Waals surface area contributed by atoms with Crippen molar-refractivity contribution in [1.29, 1.82) is 0 Å². The molecule has 0 bridgehead atoms. The standard InChI is InChI=1S/C16H10OS/c1-3-7-13-11(5-1)9-17-15(13)16-14-8-4-2-6-12(14)10-18-16/h1-10H. The van der Waals surface area contributed by atoms with Crippen LogP contribution in [-0.4, -0.2) is 0 Å². The molecule has 86 valence electrons. The van der Waals surface area contributed by atoms with Gasteiger partial charge >= 0.3 is 0 Å². The molecule has 4 aromatic rings. The smallest absolute Gasteiger partial charge is 0.152 e. The summed E-state index contributed by atoms with van der Waals surface area (Å²) in [5, 5.41) is 7.07. The molecule has 0 aliphatic carbocycles. The van der Waals surface area contributed by atoms with E-state index in [2.05, 4.69) is 47.8 Å². The van der Waals surface area contributed by atoms with Crippen LogP contribution in [0.5, 0.6) is 0 Å². The highest BCUT2D eigenvalue weighted by atomic mass is 32.1. The summed E-state index contributed by atoms with van der Waals surface area (Å²) >= 11 is 1.74. The lowest BCUT2D eigenvalue weighted by molar-refractivity contribution is 0.589. The third-order valence-corrected chi connectivity index (χ3v) is 4.24. The molecule has 1 nitrogen and oxygen atoms in total. The number of thiophene rings is 1. The number of hydrogen-bond donors (Lipinski definition) is 0. The first-order valence-corrected chi connectivity index (χ1v) is 6.74. The molecule has 0 spiro atoms. The maximum absolute atomic E-state index is 5.78.